The third kappa shape index (κ3) is 5.87. The number of aliphatic imine (C=N–C) groups is 1. The van der Waals surface area contributed by atoms with Crippen molar-refractivity contribution < 1.29 is 9.21 Å². The highest BCUT2D eigenvalue weighted by molar-refractivity contribution is 14.0. The topological polar surface area (TPSA) is 73.1 Å². The van der Waals surface area contributed by atoms with Crippen LogP contribution in [0.25, 0.3) is 0 Å². The predicted octanol–water partition coefficient (Wildman–Crippen LogP) is 2.79. The van der Waals surface area contributed by atoms with Crippen LogP contribution in [0.15, 0.2) is 39.3 Å². The van der Waals surface area contributed by atoms with Gasteiger partial charge in [0, 0.05) is 51.9 Å². The smallest absolute Gasteiger partial charge is 0.287 e. The minimum atomic E-state index is -0.161. The number of amides is 1. The molecule has 28 heavy (non-hydrogen) atoms. The molecule has 1 saturated heterocycles. The number of nitrogens with one attached hydrogen (secondary N) is 2. The first kappa shape index (κ1) is 22.5. The molecule has 0 aromatic carbocycles. The standard InChI is InChI=1S/C19H27N5O2S.HI/c1-15-6-13-26-17(15)18(25)21-7-4-8-22-19(20-2)24-11-9-23(10-12-24)16-5-3-14-27-16;/h3,5-6,13-14H,4,7-12H2,1-2H3,(H,20,22)(H,21,25);1H. The van der Waals surface area contributed by atoms with Crippen LogP contribution in [0, 0.1) is 6.92 Å². The summed E-state index contributed by atoms with van der Waals surface area (Å²) in [7, 11) is 1.81. The number of piperazine rings is 1. The predicted molar refractivity (Wildman–Crippen MR) is 125 cm³/mol. The van der Waals surface area contributed by atoms with Gasteiger partial charge in [0.15, 0.2) is 11.7 Å². The van der Waals surface area contributed by atoms with Crippen molar-refractivity contribution in [2.24, 2.45) is 4.99 Å². The Kier molecular flexibility index (Phi) is 9.10. The largest absolute Gasteiger partial charge is 0.459 e. The number of hydrogen-bond donors (Lipinski definition) is 2. The molecule has 3 heterocycles. The molecule has 0 unspecified atom stereocenters. The average Bonchev–Trinajstić information content (AvgIpc) is 3.36. The van der Waals surface area contributed by atoms with Crippen LogP contribution in [0.3, 0.4) is 0 Å². The lowest BCUT2D eigenvalue weighted by Crippen LogP contribution is -2.52. The number of furan rings is 1. The maximum Gasteiger partial charge on any atom is 0.287 e. The Balaban J connectivity index is 0.00000280. The molecule has 9 heteroatoms. The lowest BCUT2D eigenvalue weighted by Gasteiger charge is -2.37. The highest BCUT2D eigenvalue weighted by atomic mass is 127. The van der Waals surface area contributed by atoms with Crippen LogP contribution in [0.4, 0.5) is 5.00 Å². The SMILES string of the molecule is CN=C(NCCCNC(=O)c1occc1C)N1CCN(c2cccs2)CC1.I. The van der Waals surface area contributed by atoms with Gasteiger partial charge >= 0.3 is 0 Å². The van der Waals surface area contributed by atoms with E-state index >= 15 is 0 Å². The van der Waals surface area contributed by atoms with E-state index in [1.54, 1.807) is 17.4 Å². The Labute approximate surface area is 187 Å². The van der Waals surface area contributed by atoms with Crippen molar-refractivity contribution in [3.8, 4) is 0 Å². The zero-order valence-electron chi connectivity index (χ0n) is 16.3. The van der Waals surface area contributed by atoms with E-state index in [1.165, 1.54) is 11.3 Å². The fraction of sp³-hybridized carbons (Fsp3) is 0.474. The van der Waals surface area contributed by atoms with Crippen molar-refractivity contribution in [1.29, 1.82) is 0 Å². The van der Waals surface area contributed by atoms with E-state index in [-0.39, 0.29) is 29.9 Å². The van der Waals surface area contributed by atoms with Crippen LogP contribution >= 0.6 is 35.3 Å². The summed E-state index contributed by atoms with van der Waals surface area (Å²) in [6.45, 7) is 7.12. The molecule has 0 radical (unpaired) electrons. The number of carbonyl (C=O) groups excluding carboxylic acids is 1. The molecule has 1 aliphatic heterocycles. The van der Waals surface area contributed by atoms with Crippen molar-refractivity contribution >= 4 is 52.2 Å². The van der Waals surface area contributed by atoms with Crippen molar-refractivity contribution in [1.82, 2.24) is 15.5 Å². The number of aryl methyl sites for hydroxylation is 1. The zero-order chi connectivity index (χ0) is 19.1. The normalized spacial score (nSPS) is 14.6. The maximum absolute atomic E-state index is 12.0. The summed E-state index contributed by atoms with van der Waals surface area (Å²) in [5.74, 6) is 1.16. The molecule has 1 aliphatic rings. The summed E-state index contributed by atoms with van der Waals surface area (Å²) >= 11 is 1.79. The minimum Gasteiger partial charge on any atom is -0.459 e. The molecule has 1 amide bonds. The molecule has 0 aliphatic carbocycles. The molecule has 3 rings (SSSR count). The highest BCUT2D eigenvalue weighted by Crippen LogP contribution is 2.22. The minimum absolute atomic E-state index is 0. The molecule has 0 spiro atoms. The molecule has 0 saturated carbocycles. The second-order valence-corrected chi connectivity index (χ2v) is 7.37. The third-order valence-electron chi connectivity index (χ3n) is 4.60. The fourth-order valence-electron chi connectivity index (χ4n) is 3.10. The van der Waals surface area contributed by atoms with E-state index < -0.39 is 0 Å². The van der Waals surface area contributed by atoms with Crippen molar-refractivity contribution in [2.45, 2.75) is 13.3 Å². The fourth-order valence-corrected chi connectivity index (χ4v) is 3.88. The van der Waals surface area contributed by atoms with Gasteiger partial charge in [-0.2, -0.15) is 0 Å². The van der Waals surface area contributed by atoms with Crippen LogP contribution in [0.1, 0.15) is 22.5 Å². The summed E-state index contributed by atoms with van der Waals surface area (Å²) in [5.41, 5.74) is 0.854. The van der Waals surface area contributed by atoms with Gasteiger partial charge in [-0.05, 0) is 36.9 Å². The lowest BCUT2D eigenvalue weighted by molar-refractivity contribution is 0.0925. The van der Waals surface area contributed by atoms with Gasteiger partial charge in [0.25, 0.3) is 5.91 Å². The molecular weight excluding hydrogens is 489 g/mol. The van der Waals surface area contributed by atoms with Crippen LogP contribution in [-0.2, 0) is 0 Å². The summed E-state index contributed by atoms with van der Waals surface area (Å²) in [4.78, 5) is 21.1. The van der Waals surface area contributed by atoms with Crippen molar-refractivity contribution in [3.63, 3.8) is 0 Å². The zero-order valence-corrected chi connectivity index (χ0v) is 19.5. The van der Waals surface area contributed by atoms with Gasteiger partial charge in [0.1, 0.15) is 0 Å². The quantitative estimate of drug-likeness (QED) is 0.267. The molecule has 7 nitrogen and oxygen atoms in total. The average molecular weight is 517 g/mol. The number of guanidine groups is 1. The summed E-state index contributed by atoms with van der Waals surface area (Å²) in [5, 5.41) is 9.73. The molecule has 2 aromatic heterocycles. The van der Waals surface area contributed by atoms with E-state index in [4.69, 9.17) is 4.42 Å². The summed E-state index contributed by atoms with van der Waals surface area (Å²) in [6.07, 6.45) is 2.35. The first-order chi connectivity index (χ1) is 13.2. The molecule has 154 valence electrons. The Morgan fingerprint density at radius 2 is 1.96 bits per heavy atom. The van der Waals surface area contributed by atoms with Gasteiger partial charge in [-0.25, -0.2) is 0 Å². The highest BCUT2D eigenvalue weighted by Gasteiger charge is 2.20. The number of hydrogen-bond acceptors (Lipinski definition) is 5. The van der Waals surface area contributed by atoms with Crippen LogP contribution in [0.2, 0.25) is 0 Å². The lowest BCUT2D eigenvalue weighted by atomic mass is 10.2. The second kappa shape index (κ2) is 11.3. The molecule has 2 aromatic rings. The third-order valence-corrected chi connectivity index (χ3v) is 5.53. The van der Waals surface area contributed by atoms with Crippen LogP contribution in [-0.4, -0.2) is 63.1 Å². The number of halogens is 1. The van der Waals surface area contributed by atoms with Crippen molar-refractivity contribution in [3.05, 3.63) is 41.2 Å². The van der Waals surface area contributed by atoms with Gasteiger partial charge in [0.2, 0.25) is 0 Å². The van der Waals surface area contributed by atoms with E-state index in [1.807, 2.05) is 14.0 Å². The van der Waals surface area contributed by atoms with Crippen LogP contribution < -0.4 is 15.5 Å². The van der Waals surface area contributed by atoms with Crippen LogP contribution in [0.5, 0.6) is 0 Å². The maximum atomic E-state index is 12.0. The van der Waals surface area contributed by atoms with E-state index in [0.29, 0.717) is 12.3 Å². The van der Waals surface area contributed by atoms with Gasteiger partial charge in [-0.15, -0.1) is 35.3 Å². The molecular formula is C19H28IN5O2S. The summed E-state index contributed by atoms with van der Waals surface area (Å²) < 4.78 is 5.20. The monoisotopic (exact) mass is 517 g/mol. The Bertz CT molecular complexity index is 754. The summed E-state index contributed by atoms with van der Waals surface area (Å²) in [6, 6.07) is 6.06. The van der Waals surface area contributed by atoms with Gasteiger partial charge in [0.05, 0.1) is 11.3 Å². The Morgan fingerprint density at radius 3 is 2.57 bits per heavy atom. The Hall–Kier alpha value is -1.75. The number of thiophene rings is 1. The van der Waals surface area contributed by atoms with E-state index in [9.17, 15) is 4.79 Å². The van der Waals surface area contributed by atoms with Crippen molar-refractivity contribution in [2.75, 3.05) is 51.2 Å². The molecule has 1 fully saturated rings. The molecule has 0 atom stereocenters. The van der Waals surface area contributed by atoms with Gasteiger partial charge < -0.3 is 24.9 Å². The second-order valence-electron chi connectivity index (χ2n) is 6.44. The van der Waals surface area contributed by atoms with Gasteiger partial charge in [-0.1, -0.05) is 0 Å². The van der Waals surface area contributed by atoms with Gasteiger partial charge in [-0.3, -0.25) is 9.79 Å². The number of carbonyl (C=O) groups is 1. The Morgan fingerprint density at radius 1 is 1.21 bits per heavy atom. The molecule has 0 bridgehead atoms. The first-order valence-corrected chi connectivity index (χ1v) is 10.1. The van der Waals surface area contributed by atoms with E-state index in [2.05, 4.69) is 42.9 Å². The first-order valence-electron chi connectivity index (χ1n) is 9.25. The molecule has 2 N–H and O–H groups in total. The number of nitrogens with zero attached hydrogens (tertiary/aromatic N) is 3. The number of anilines is 1. The van der Waals surface area contributed by atoms with E-state index in [0.717, 1.165) is 50.7 Å². The number of rotatable bonds is 6.